The second kappa shape index (κ2) is 6.17. The summed E-state index contributed by atoms with van der Waals surface area (Å²) in [5, 5.41) is 18.4. The van der Waals surface area contributed by atoms with Crippen LogP contribution in [0.25, 0.3) is 0 Å². The summed E-state index contributed by atoms with van der Waals surface area (Å²) >= 11 is 0. The highest BCUT2D eigenvalue weighted by Crippen LogP contribution is 2.26. The van der Waals surface area contributed by atoms with Crippen LogP contribution in [0.5, 0.6) is 11.5 Å². The van der Waals surface area contributed by atoms with Crippen molar-refractivity contribution in [3.63, 3.8) is 0 Å². The van der Waals surface area contributed by atoms with Gasteiger partial charge in [-0.05, 0) is 35.9 Å². The third-order valence-electron chi connectivity index (χ3n) is 3.21. The molecule has 0 bridgehead atoms. The fraction of sp³-hybridized carbons (Fsp3) is 0.133. The van der Waals surface area contributed by atoms with Gasteiger partial charge in [0.2, 0.25) is 0 Å². The van der Waals surface area contributed by atoms with E-state index in [1.54, 1.807) is 12.1 Å². The van der Waals surface area contributed by atoms with Crippen molar-refractivity contribution in [2.75, 3.05) is 12.8 Å². The number of hydrogen-bond acceptors (Lipinski definition) is 6. The molecule has 0 aliphatic heterocycles. The van der Waals surface area contributed by atoms with Gasteiger partial charge in [0.05, 0.1) is 23.4 Å². The summed E-state index contributed by atoms with van der Waals surface area (Å²) in [6, 6.07) is 7.72. The monoisotopic (exact) mass is 337 g/mol. The molecule has 0 aliphatic carbocycles. The number of ether oxygens (including phenoxy) is 1. The summed E-state index contributed by atoms with van der Waals surface area (Å²) in [5.74, 6) is -1.83. The molecular weight excluding hydrogens is 322 g/mol. The maximum atomic E-state index is 12.4. The molecule has 0 fully saturated rings. The normalized spacial score (nSPS) is 11.2. The Morgan fingerprint density at radius 3 is 2.48 bits per heavy atom. The molecule has 23 heavy (non-hydrogen) atoms. The molecule has 0 unspecified atom stereocenters. The minimum absolute atomic E-state index is 0.193. The van der Waals surface area contributed by atoms with Crippen LogP contribution < -0.4 is 10.5 Å². The molecule has 0 spiro atoms. The maximum Gasteiger partial charge on any atom is 0.339 e. The second-order valence-electron chi connectivity index (χ2n) is 4.82. The molecule has 0 amide bonds. The molecule has 0 aromatic heterocycles. The van der Waals surface area contributed by atoms with E-state index >= 15 is 0 Å². The number of carbonyl (C=O) groups is 1. The van der Waals surface area contributed by atoms with Crippen molar-refractivity contribution < 1.29 is 28.2 Å². The molecular formula is C15H15NO6S. The van der Waals surface area contributed by atoms with Crippen molar-refractivity contribution in [3.8, 4) is 11.5 Å². The molecule has 0 atom stereocenters. The number of carboxylic acids is 1. The molecule has 7 nitrogen and oxygen atoms in total. The molecule has 122 valence electrons. The number of benzene rings is 2. The van der Waals surface area contributed by atoms with Gasteiger partial charge in [0.15, 0.2) is 9.84 Å². The Morgan fingerprint density at radius 1 is 1.22 bits per heavy atom. The zero-order chi connectivity index (χ0) is 17.2. The summed E-state index contributed by atoms with van der Waals surface area (Å²) in [6.07, 6.45) is 0. The summed E-state index contributed by atoms with van der Waals surface area (Å²) in [7, 11) is -2.34. The van der Waals surface area contributed by atoms with E-state index in [2.05, 4.69) is 0 Å². The highest BCUT2D eigenvalue weighted by atomic mass is 32.2. The first-order valence-electron chi connectivity index (χ1n) is 6.46. The lowest BCUT2D eigenvalue weighted by molar-refractivity contribution is 0.0693. The van der Waals surface area contributed by atoms with Crippen LogP contribution in [0.15, 0.2) is 41.3 Å². The van der Waals surface area contributed by atoms with Gasteiger partial charge < -0.3 is 20.7 Å². The van der Waals surface area contributed by atoms with Gasteiger partial charge in [0, 0.05) is 0 Å². The van der Waals surface area contributed by atoms with Gasteiger partial charge in [-0.1, -0.05) is 6.07 Å². The lowest BCUT2D eigenvalue weighted by Crippen LogP contribution is -2.07. The largest absolute Gasteiger partial charge is 0.507 e. The Labute approximate surface area is 132 Å². The Kier molecular flexibility index (Phi) is 4.46. The number of hydrogen-bond donors (Lipinski definition) is 3. The molecule has 4 N–H and O–H groups in total. The van der Waals surface area contributed by atoms with Crippen LogP contribution in [0, 0.1) is 0 Å². The van der Waals surface area contributed by atoms with E-state index in [4.69, 9.17) is 15.6 Å². The predicted molar refractivity (Wildman–Crippen MR) is 83.4 cm³/mol. The van der Waals surface area contributed by atoms with Gasteiger partial charge in [-0.3, -0.25) is 0 Å². The van der Waals surface area contributed by atoms with E-state index in [9.17, 15) is 18.3 Å². The van der Waals surface area contributed by atoms with Crippen molar-refractivity contribution in [1.82, 2.24) is 0 Å². The van der Waals surface area contributed by atoms with Crippen molar-refractivity contribution in [3.05, 3.63) is 47.5 Å². The van der Waals surface area contributed by atoms with E-state index in [0.717, 1.165) is 18.2 Å². The average molecular weight is 337 g/mol. The van der Waals surface area contributed by atoms with Crippen LogP contribution in [-0.4, -0.2) is 31.7 Å². The molecule has 0 saturated carbocycles. The van der Waals surface area contributed by atoms with Crippen LogP contribution in [0.1, 0.15) is 15.9 Å². The van der Waals surface area contributed by atoms with Gasteiger partial charge in [-0.15, -0.1) is 0 Å². The smallest absolute Gasteiger partial charge is 0.339 e. The molecule has 0 aliphatic rings. The summed E-state index contributed by atoms with van der Waals surface area (Å²) in [4.78, 5) is 10.8. The molecule has 0 heterocycles. The van der Waals surface area contributed by atoms with Crippen LogP contribution >= 0.6 is 0 Å². The standard InChI is InChI=1S/C15H15NO6S/c1-22-14-5-2-9(6-12(14)16)8-23(20,21)10-3-4-13(17)11(7-10)15(18)19/h2-7,17H,8,16H2,1H3,(H,18,19). The second-order valence-corrected chi connectivity index (χ2v) is 6.81. The third kappa shape index (κ3) is 3.54. The molecule has 2 rings (SSSR count). The lowest BCUT2D eigenvalue weighted by Gasteiger charge is -2.09. The number of phenols is 1. The van der Waals surface area contributed by atoms with E-state index in [-0.39, 0.29) is 10.6 Å². The zero-order valence-electron chi connectivity index (χ0n) is 12.2. The Hall–Kier alpha value is -2.74. The minimum atomic E-state index is -3.79. The van der Waals surface area contributed by atoms with Crippen molar-refractivity contribution in [2.45, 2.75) is 10.6 Å². The van der Waals surface area contributed by atoms with E-state index in [1.807, 2.05) is 0 Å². The first-order valence-corrected chi connectivity index (χ1v) is 8.11. The Bertz CT molecular complexity index is 860. The number of sulfone groups is 1. The van der Waals surface area contributed by atoms with Crippen molar-refractivity contribution in [2.24, 2.45) is 0 Å². The van der Waals surface area contributed by atoms with E-state index < -0.39 is 27.1 Å². The number of aromatic carboxylic acids is 1. The van der Waals surface area contributed by atoms with Crippen LogP contribution in [0.2, 0.25) is 0 Å². The third-order valence-corrected chi connectivity index (χ3v) is 4.89. The van der Waals surface area contributed by atoms with Crippen molar-refractivity contribution >= 4 is 21.5 Å². The maximum absolute atomic E-state index is 12.4. The topological polar surface area (TPSA) is 127 Å². The van der Waals surface area contributed by atoms with Gasteiger partial charge >= 0.3 is 5.97 Å². The minimum Gasteiger partial charge on any atom is -0.507 e. The Morgan fingerprint density at radius 2 is 1.91 bits per heavy atom. The SMILES string of the molecule is COc1ccc(CS(=O)(=O)c2ccc(O)c(C(=O)O)c2)cc1N. The van der Waals surface area contributed by atoms with Crippen molar-refractivity contribution in [1.29, 1.82) is 0 Å². The zero-order valence-corrected chi connectivity index (χ0v) is 13.0. The van der Waals surface area contributed by atoms with Gasteiger partial charge in [-0.25, -0.2) is 13.2 Å². The predicted octanol–water partition coefficient (Wildman–Crippen LogP) is 1.66. The number of methoxy groups -OCH3 is 1. The fourth-order valence-corrected chi connectivity index (χ4v) is 3.41. The quantitative estimate of drug-likeness (QED) is 0.708. The summed E-state index contributed by atoms with van der Waals surface area (Å²) in [6.45, 7) is 0. The van der Waals surface area contributed by atoms with Crippen LogP contribution in [0.4, 0.5) is 5.69 Å². The number of rotatable bonds is 5. The molecule has 2 aromatic carbocycles. The van der Waals surface area contributed by atoms with Gasteiger partial charge in [0.1, 0.15) is 17.1 Å². The number of carboxylic acid groups (broad SMARTS) is 1. The van der Waals surface area contributed by atoms with Gasteiger partial charge in [0.25, 0.3) is 0 Å². The van der Waals surface area contributed by atoms with E-state index in [1.165, 1.54) is 13.2 Å². The molecule has 2 aromatic rings. The number of anilines is 1. The number of aromatic hydroxyl groups is 1. The van der Waals surface area contributed by atoms with E-state index in [0.29, 0.717) is 17.0 Å². The molecule has 8 heteroatoms. The Balaban J connectivity index is 2.37. The fourth-order valence-electron chi connectivity index (χ4n) is 2.06. The summed E-state index contributed by atoms with van der Waals surface area (Å²) in [5.41, 5.74) is 6.01. The number of nitrogens with two attached hydrogens (primary N) is 1. The number of nitrogen functional groups attached to an aromatic ring is 1. The first-order chi connectivity index (χ1) is 10.7. The van der Waals surface area contributed by atoms with Gasteiger partial charge in [-0.2, -0.15) is 0 Å². The first kappa shape index (κ1) is 16.6. The highest BCUT2D eigenvalue weighted by molar-refractivity contribution is 7.90. The van der Waals surface area contributed by atoms with Crippen LogP contribution in [0.3, 0.4) is 0 Å². The average Bonchev–Trinajstić information content (AvgIpc) is 2.47. The highest BCUT2D eigenvalue weighted by Gasteiger charge is 2.20. The lowest BCUT2D eigenvalue weighted by atomic mass is 10.2. The van der Waals surface area contributed by atoms with Crippen LogP contribution in [-0.2, 0) is 15.6 Å². The molecule has 0 saturated heterocycles. The summed E-state index contributed by atoms with van der Waals surface area (Å²) < 4.78 is 29.8. The molecule has 0 radical (unpaired) electrons.